The van der Waals surface area contributed by atoms with E-state index in [1.54, 1.807) is 24.5 Å². The van der Waals surface area contributed by atoms with Gasteiger partial charge in [0, 0.05) is 33.8 Å². The molecule has 1 aromatic carbocycles. The molecule has 0 bridgehead atoms. The van der Waals surface area contributed by atoms with Gasteiger partial charge in [-0.15, -0.1) is 0 Å². The van der Waals surface area contributed by atoms with Crippen LogP contribution < -0.4 is 5.32 Å². The highest BCUT2D eigenvalue weighted by Gasteiger charge is 2.07. The first-order valence-corrected chi connectivity index (χ1v) is 6.58. The van der Waals surface area contributed by atoms with Crippen molar-refractivity contribution in [1.82, 2.24) is 4.98 Å². The maximum atomic E-state index is 12.0. The second-order valence-corrected chi connectivity index (χ2v) is 4.99. The summed E-state index contributed by atoms with van der Waals surface area (Å²) in [6.07, 6.45) is 3.46. The Balaban J connectivity index is 1.95. The number of Topliss-reactive ketones (excluding diaryl/α,β-unsaturated/α-hetero) is 1. The number of halogens is 1. The summed E-state index contributed by atoms with van der Waals surface area (Å²) >= 11 is 3.37. The lowest BCUT2D eigenvalue weighted by molar-refractivity contribution is 0.0993. The Labute approximate surface area is 120 Å². The van der Waals surface area contributed by atoms with Crippen molar-refractivity contribution in [2.24, 2.45) is 0 Å². The average molecular weight is 317 g/mol. The number of rotatable bonds is 5. The van der Waals surface area contributed by atoms with Crippen molar-refractivity contribution < 1.29 is 4.79 Å². The van der Waals surface area contributed by atoms with Crippen LogP contribution in [-0.4, -0.2) is 10.8 Å². The molecule has 0 aliphatic heterocycles. The van der Waals surface area contributed by atoms with Crippen LogP contribution in [0.4, 0.5) is 5.69 Å². The molecule has 0 unspecified atom stereocenters. The van der Waals surface area contributed by atoms with E-state index in [2.05, 4.69) is 32.8 Å². The highest BCUT2D eigenvalue weighted by molar-refractivity contribution is 9.10. The molecule has 0 amide bonds. The summed E-state index contributed by atoms with van der Waals surface area (Å²) in [6, 6.07) is 11.2. The van der Waals surface area contributed by atoms with E-state index >= 15 is 0 Å². The number of hydrogen-bond acceptors (Lipinski definition) is 3. The Morgan fingerprint density at radius 3 is 2.63 bits per heavy atom. The van der Waals surface area contributed by atoms with Crippen LogP contribution in [0.1, 0.15) is 16.8 Å². The van der Waals surface area contributed by atoms with Crippen molar-refractivity contribution in [2.45, 2.75) is 6.42 Å². The van der Waals surface area contributed by atoms with Gasteiger partial charge in [-0.25, -0.2) is 0 Å². The molecule has 1 heterocycles. The van der Waals surface area contributed by atoms with E-state index in [1.165, 1.54) is 0 Å². The van der Waals surface area contributed by atoms with Gasteiger partial charge < -0.3 is 5.32 Å². The second-order valence-electron chi connectivity index (χ2n) is 4.08. The van der Waals surface area contributed by atoms with Gasteiger partial charge in [0.15, 0.2) is 5.78 Å². The van der Waals surface area contributed by atoms with Crippen molar-refractivity contribution in [3.63, 3.8) is 0 Å². The number of pyridine rings is 1. The summed E-state index contributed by atoms with van der Waals surface area (Å²) in [5.41, 5.74) is 2.17. The fraction of sp³-hybridized carbons (Fsp3) is 0.0667. The maximum Gasteiger partial charge on any atom is 0.170 e. The van der Waals surface area contributed by atoms with Crippen LogP contribution in [0, 0.1) is 0 Å². The van der Waals surface area contributed by atoms with Crippen LogP contribution in [0.25, 0.3) is 0 Å². The van der Waals surface area contributed by atoms with E-state index < -0.39 is 0 Å². The molecular formula is C15H13BrN2O. The lowest BCUT2D eigenvalue weighted by atomic mass is 10.1. The maximum absolute atomic E-state index is 12.0. The van der Waals surface area contributed by atoms with E-state index in [9.17, 15) is 4.79 Å². The molecule has 1 aromatic heterocycles. The predicted octanol–water partition coefficient (Wildman–Crippen LogP) is 4.04. The van der Waals surface area contributed by atoms with Crippen molar-refractivity contribution in [2.75, 3.05) is 5.32 Å². The normalized spacial score (nSPS) is 9.95. The molecule has 4 heteroatoms. The molecule has 0 aliphatic carbocycles. The van der Waals surface area contributed by atoms with Gasteiger partial charge in [0.2, 0.25) is 0 Å². The Kier molecular flexibility index (Phi) is 4.47. The first kappa shape index (κ1) is 13.5. The van der Waals surface area contributed by atoms with E-state index in [1.807, 2.05) is 24.3 Å². The van der Waals surface area contributed by atoms with Crippen LogP contribution in [0.3, 0.4) is 0 Å². The molecule has 0 radical (unpaired) electrons. The van der Waals surface area contributed by atoms with Gasteiger partial charge in [0.1, 0.15) is 0 Å². The van der Waals surface area contributed by atoms with Gasteiger partial charge in [-0.1, -0.05) is 22.5 Å². The molecule has 2 rings (SSSR count). The standard InChI is InChI=1S/C15H13BrN2O/c1-11(18-14-6-4-13(16)5-7-14)9-15(19)12-3-2-8-17-10-12/h2-8,10,18H,1,9H2. The van der Waals surface area contributed by atoms with Crippen LogP contribution >= 0.6 is 15.9 Å². The molecule has 1 N–H and O–H groups in total. The molecule has 0 aliphatic rings. The number of carbonyl (C=O) groups excluding carboxylic acids is 1. The Bertz CT molecular complexity index is 579. The van der Waals surface area contributed by atoms with Gasteiger partial charge in [-0.05, 0) is 36.4 Å². The minimum absolute atomic E-state index is 0.00251. The zero-order chi connectivity index (χ0) is 13.7. The van der Waals surface area contributed by atoms with Gasteiger partial charge >= 0.3 is 0 Å². The number of nitrogens with one attached hydrogen (secondary N) is 1. The minimum Gasteiger partial charge on any atom is -0.359 e. The molecule has 19 heavy (non-hydrogen) atoms. The van der Waals surface area contributed by atoms with Crippen molar-refractivity contribution in [3.05, 3.63) is 71.1 Å². The van der Waals surface area contributed by atoms with E-state index in [-0.39, 0.29) is 12.2 Å². The second kappa shape index (κ2) is 6.29. The molecule has 0 fully saturated rings. The van der Waals surface area contributed by atoms with Crippen molar-refractivity contribution in [3.8, 4) is 0 Å². The first-order valence-electron chi connectivity index (χ1n) is 5.79. The lowest BCUT2D eigenvalue weighted by Gasteiger charge is -2.09. The summed E-state index contributed by atoms with van der Waals surface area (Å²) in [6.45, 7) is 3.87. The first-order chi connectivity index (χ1) is 9.15. The summed E-state index contributed by atoms with van der Waals surface area (Å²) in [7, 11) is 0. The highest BCUT2D eigenvalue weighted by Crippen LogP contribution is 2.17. The highest BCUT2D eigenvalue weighted by atomic mass is 79.9. The van der Waals surface area contributed by atoms with Gasteiger partial charge in [-0.2, -0.15) is 0 Å². The van der Waals surface area contributed by atoms with Gasteiger partial charge in [0.05, 0.1) is 6.42 Å². The number of hydrogen-bond donors (Lipinski definition) is 1. The fourth-order valence-electron chi connectivity index (χ4n) is 1.61. The molecule has 0 saturated heterocycles. The number of carbonyl (C=O) groups is 1. The zero-order valence-corrected chi connectivity index (χ0v) is 11.9. The third-order valence-electron chi connectivity index (χ3n) is 2.52. The molecule has 2 aromatic rings. The van der Waals surface area contributed by atoms with E-state index in [0.717, 1.165) is 10.2 Å². The van der Waals surface area contributed by atoms with Crippen LogP contribution in [0.5, 0.6) is 0 Å². The van der Waals surface area contributed by atoms with Crippen LogP contribution in [0.2, 0.25) is 0 Å². The zero-order valence-electron chi connectivity index (χ0n) is 10.3. The SMILES string of the molecule is C=C(CC(=O)c1cccnc1)Nc1ccc(Br)cc1. The predicted molar refractivity (Wildman–Crippen MR) is 80.1 cm³/mol. The largest absolute Gasteiger partial charge is 0.359 e. The topological polar surface area (TPSA) is 42.0 Å². The molecule has 96 valence electrons. The number of aromatic nitrogens is 1. The van der Waals surface area contributed by atoms with Crippen molar-refractivity contribution >= 4 is 27.4 Å². The molecule has 0 atom stereocenters. The lowest BCUT2D eigenvalue weighted by Crippen LogP contribution is -2.06. The number of benzene rings is 1. The quantitative estimate of drug-likeness (QED) is 0.846. The molecule has 0 spiro atoms. The third kappa shape index (κ3) is 4.03. The fourth-order valence-corrected chi connectivity index (χ4v) is 1.87. The summed E-state index contributed by atoms with van der Waals surface area (Å²) in [4.78, 5) is 15.9. The smallest absolute Gasteiger partial charge is 0.170 e. The summed E-state index contributed by atoms with van der Waals surface area (Å²) in [5.74, 6) is 0.00251. The van der Waals surface area contributed by atoms with Gasteiger partial charge in [-0.3, -0.25) is 9.78 Å². The number of allylic oxidation sites excluding steroid dienone is 1. The Hall–Kier alpha value is -1.94. The summed E-state index contributed by atoms with van der Waals surface area (Å²) < 4.78 is 1.01. The van der Waals surface area contributed by atoms with E-state index in [0.29, 0.717) is 11.3 Å². The minimum atomic E-state index is 0.00251. The number of ketones is 1. The van der Waals surface area contributed by atoms with E-state index in [4.69, 9.17) is 0 Å². The average Bonchev–Trinajstić information content (AvgIpc) is 2.42. The number of anilines is 1. The Morgan fingerprint density at radius 1 is 1.26 bits per heavy atom. The molecular weight excluding hydrogens is 304 g/mol. The third-order valence-corrected chi connectivity index (χ3v) is 3.05. The van der Waals surface area contributed by atoms with Crippen LogP contribution in [0.15, 0.2) is 65.5 Å². The molecule has 0 saturated carbocycles. The van der Waals surface area contributed by atoms with Crippen molar-refractivity contribution in [1.29, 1.82) is 0 Å². The monoisotopic (exact) mass is 316 g/mol. The number of nitrogens with zero attached hydrogens (tertiary/aromatic N) is 1. The summed E-state index contributed by atoms with van der Waals surface area (Å²) in [5, 5.41) is 3.11. The van der Waals surface area contributed by atoms with Gasteiger partial charge in [0.25, 0.3) is 0 Å². The Morgan fingerprint density at radius 2 is 2.00 bits per heavy atom. The molecule has 3 nitrogen and oxygen atoms in total. The van der Waals surface area contributed by atoms with Crippen LogP contribution in [-0.2, 0) is 0 Å².